The Labute approximate surface area is 193 Å². The molecule has 0 bridgehead atoms. The Bertz CT molecular complexity index is 755. The summed E-state index contributed by atoms with van der Waals surface area (Å²) < 4.78 is 27.2. The lowest BCUT2D eigenvalue weighted by Gasteiger charge is -2.24. The molecule has 0 spiro atoms. The SMILES string of the molecule is CCN1CCCC1CNC(=NC)NCc1ccccc1CS(=O)(=O)NC(C)C.I. The Kier molecular flexibility index (Phi) is 11.4. The predicted molar refractivity (Wildman–Crippen MR) is 131 cm³/mol. The minimum atomic E-state index is -3.36. The maximum atomic E-state index is 12.3. The Morgan fingerprint density at radius 2 is 1.93 bits per heavy atom. The molecule has 0 amide bonds. The summed E-state index contributed by atoms with van der Waals surface area (Å²) in [6, 6.07) is 8.05. The van der Waals surface area contributed by atoms with Gasteiger partial charge in [-0.05, 0) is 50.9 Å². The Morgan fingerprint density at radius 1 is 1.24 bits per heavy atom. The van der Waals surface area contributed by atoms with E-state index in [9.17, 15) is 8.42 Å². The summed E-state index contributed by atoms with van der Waals surface area (Å²) in [4.78, 5) is 6.79. The molecule has 0 aromatic heterocycles. The van der Waals surface area contributed by atoms with E-state index in [1.54, 1.807) is 7.05 Å². The van der Waals surface area contributed by atoms with Crippen molar-refractivity contribution < 1.29 is 8.42 Å². The fourth-order valence-electron chi connectivity index (χ4n) is 3.63. The maximum absolute atomic E-state index is 12.3. The van der Waals surface area contributed by atoms with Gasteiger partial charge in [0.25, 0.3) is 0 Å². The number of guanidine groups is 1. The monoisotopic (exact) mass is 537 g/mol. The Morgan fingerprint density at radius 3 is 2.55 bits per heavy atom. The maximum Gasteiger partial charge on any atom is 0.216 e. The Balaban J connectivity index is 0.00000420. The van der Waals surface area contributed by atoms with E-state index in [4.69, 9.17) is 0 Å². The molecule has 1 saturated heterocycles. The molecule has 2 rings (SSSR count). The average molecular weight is 538 g/mol. The molecule has 1 aliphatic heterocycles. The molecule has 1 aliphatic rings. The zero-order chi connectivity index (χ0) is 20.6. The van der Waals surface area contributed by atoms with E-state index in [-0.39, 0.29) is 35.8 Å². The van der Waals surface area contributed by atoms with E-state index < -0.39 is 10.0 Å². The highest BCUT2D eigenvalue weighted by atomic mass is 127. The van der Waals surface area contributed by atoms with Crippen LogP contribution in [0.2, 0.25) is 0 Å². The van der Waals surface area contributed by atoms with Crippen molar-refractivity contribution in [2.45, 2.75) is 58.0 Å². The van der Waals surface area contributed by atoms with Gasteiger partial charge in [-0.2, -0.15) is 0 Å². The molecule has 0 saturated carbocycles. The van der Waals surface area contributed by atoms with Gasteiger partial charge in [0, 0.05) is 32.2 Å². The van der Waals surface area contributed by atoms with Crippen LogP contribution < -0.4 is 15.4 Å². The van der Waals surface area contributed by atoms with Crippen LogP contribution in [-0.4, -0.2) is 58.0 Å². The first-order valence-electron chi connectivity index (χ1n) is 10.1. The summed E-state index contributed by atoms with van der Waals surface area (Å²) in [6.07, 6.45) is 2.46. The van der Waals surface area contributed by atoms with Crippen LogP contribution in [0.1, 0.15) is 44.7 Å². The van der Waals surface area contributed by atoms with Crippen LogP contribution in [0.5, 0.6) is 0 Å². The van der Waals surface area contributed by atoms with Crippen molar-refractivity contribution in [1.29, 1.82) is 0 Å². The number of halogens is 1. The van der Waals surface area contributed by atoms with Crippen LogP contribution in [0.15, 0.2) is 29.3 Å². The second-order valence-electron chi connectivity index (χ2n) is 7.53. The van der Waals surface area contributed by atoms with Gasteiger partial charge < -0.3 is 10.6 Å². The number of aliphatic imine (C=N–C) groups is 1. The van der Waals surface area contributed by atoms with Crippen LogP contribution >= 0.6 is 24.0 Å². The molecule has 1 aromatic rings. The van der Waals surface area contributed by atoms with E-state index >= 15 is 0 Å². The lowest BCUT2D eigenvalue weighted by atomic mass is 10.1. The van der Waals surface area contributed by atoms with Crippen LogP contribution in [0, 0.1) is 0 Å². The highest BCUT2D eigenvalue weighted by Gasteiger charge is 2.22. The van der Waals surface area contributed by atoms with Crippen molar-refractivity contribution in [1.82, 2.24) is 20.3 Å². The second kappa shape index (κ2) is 12.7. The number of benzene rings is 1. The summed E-state index contributed by atoms with van der Waals surface area (Å²) in [6.45, 7) is 9.47. The molecule has 0 aliphatic carbocycles. The number of likely N-dealkylation sites (tertiary alicyclic amines) is 1. The zero-order valence-corrected chi connectivity index (χ0v) is 21.1. The van der Waals surface area contributed by atoms with Crippen LogP contribution in [0.4, 0.5) is 0 Å². The van der Waals surface area contributed by atoms with Gasteiger partial charge in [-0.15, -0.1) is 24.0 Å². The molecular weight excluding hydrogens is 501 g/mol. The van der Waals surface area contributed by atoms with E-state index in [0.29, 0.717) is 12.6 Å². The predicted octanol–water partition coefficient (Wildman–Crippen LogP) is 2.28. The van der Waals surface area contributed by atoms with E-state index in [0.717, 1.165) is 30.2 Å². The largest absolute Gasteiger partial charge is 0.355 e. The number of likely N-dealkylation sites (N-methyl/N-ethyl adjacent to an activating group) is 1. The molecule has 3 N–H and O–H groups in total. The van der Waals surface area contributed by atoms with Crippen molar-refractivity contribution in [3.63, 3.8) is 0 Å². The van der Waals surface area contributed by atoms with Crippen molar-refractivity contribution in [3.05, 3.63) is 35.4 Å². The van der Waals surface area contributed by atoms with Crippen LogP contribution in [-0.2, 0) is 22.3 Å². The average Bonchev–Trinajstić information content (AvgIpc) is 3.09. The first-order valence-corrected chi connectivity index (χ1v) is 11.7. The second-order valence-corrected chi connectivity index (χ2v) is 9.29. The van der Waals surface area contributed by atoms with E-state index in [1.807, 2.05) is 38.1 Å². The lowest BCUT2D eigenvalue weighted by Crippen LogP contribution is -2.44. The van der Waals surface area contributed by atoms with Gasteiger partial charge in [0.15, 0.2) is 5.96 Å². The Hall–Kier alpha value is -0.910. The minimum Gasteiger partial charge on any atom is -0.355 e. The summed E-state index contributed by atoms with van der Waals surface area (Å²) in [7, 11) is -1.61. The number of nitrogens with zero attached hydrogens (tertiary/aromatic N) is 2. The van der Waals surface area contributed by atoms with Gasteiger partial charge in [-0.3, -0.25) is 9.89 Å². The molecule has 1 atom stereocenters. The normalized spacial score (nSPS) is 18.0. The quantitative estimate of drug-likeness (QED) is 0.256. The lowest BCUT2D eigenvalue weighted by molar-refractivity contribution is 0.267. The number of hydrogen-bond donors (Lipinski definition) is 3. The van der Waals surface area contributed by atoms with Gasteiger partial charge in [0.05, 0.1) is 5.75 Å². The zero-order valence-electron chi connectivity index (χ0n) is 17.9. The van der Waals surface area contributed by atoms with Crippen molar-refractivity contribution >= 4 is 40.0 Å². The molecule has 7 nitrogen and oxygen atoms in total. The van der Waals surface area contributed by atoms with Gasteiger partial charge in [0.2, 0.25) is 10.0 Å². The number of sulfonamides is 1. The number of hydrogen-bond acceptors (Lipinski definition) is 4. The number of nitrogens with one attached hydrogen (secondary N) is 3. The van der Waals surface area contributed by atoms with Crippen LogP contribution in [0.3, 0.4) is 0 Å². The van der Waals surface area contributed by atoms with E-state index in [1.165, 1.54) is 19.4 Å². The third-order valence-electron chi connectivity index (χ3n) is 4.96. The molecule has 1 heterocycles. The summed E-state index contributed by atoms with van der Waals surface area (Å²) in [5, 5.41) is 6.72. The highest BCUT2D eigenvalue weighted by Crippen LogP contribution is 2.15. The van der Waals surface area contributed by atoms with Crippen molar-refractivity contribution in [2.75, 3.05) is 26.7 Å². The van der Waals surface area contributed by atoms with Gasteiger partial charge in [-0.1, -0.05) is 31.2 Å². The topological polar surface area (TPSA) is 85.8 Å². The smallest absolute Gasteiger partial charge is 0.216 e. The van der Waals surface area contributed by atoms with Gasteiger partial charge in [0.1, 0.15) is 0 Å². The third-order valence-corrected chi connectivity index (χ3v) is 6.48. The molecule has 166 valence electrons. The fraction of sp³-hybridized carbons (Fsp3) is 0.650. The summed E-state index contributed by atoms with van der Waals surface area (Å²) in [5.74, 6) is 0.712. The molecule has 0 radical (unpaired) electrons. The molecule has 9 heteroatoms. The van der Waals surface area contributed by atoms with Gasteiger partial charge >= 0.3 is 0 Å². The molecule has 29 heavy (non-hydrogen) atoms. The van der Waals surface area contributed by atoms with Crippen molar-refractivity contribution in [2.24, 2.45) is 4.99 Å². The molecule has 1 unspecified atom stereocenters. The minimum absolute atomic E-state index is 0. The van der Waals surface area contributed by atoms with E-state index in [2.05, 4.69) is 32.2 Å². The molecular formula is C20H36IN5O2S. The number of rotatable bonds is 9. The third kappa shape index (κ3) is 8.77. The summed E-state index contributed by atoms with van der Waals surface area (Å²) in [5.41, 5.74) is 1.75. The highest BCUT2D eigenvalue weighted by molar-refractivity contribution is 14.0. The first kappa shape index (κ1) is 26.1. The van der Waals surface area contributed by atoms with Gasteiger partial charge in [-0.25, -0.2) is 13.1 Å². The van der Waals surface area contributed by atoms with Crippen LogP contribution in [0.25, 0.3) is 0 Å². The summed E-state index contributed by atoms with van der Waals surface area (Å²) >= 11 is 0. The standard InChI is InChI=1S/C20H35N5O2S.HI/c1-5-25-12-8-11-19(25)14-23-20(21-4)22-13-17-9-6-7-10-18(17)15-28(26,27)24-16(2)3;/h6-7,9-10,16,19,24H,5,8,11-15H2,1-4H3,(H2,21,22,23);1H. The molecule has 1 aromatic carbocycles. The first-order chi connectivity index (χ1) is 13.3. The molecule has 1 fully saturated rings. The fourth-order valence-corrected chi connectivity index (χ4v) is 5.13. The van der Waals surface area contributed by atoms with Crippen molar-refractivity contribution in [3.8, 4) is 0 Å².